The molecule has 1 N–H and O–H groups in total. The van der Waals surface area contributed by atoms with Gasteiger partial charge in [-0.25, -0.2) is 0 Å². The van der Waals surface area contributed by atoms with Gasteiger partial charge in [0, 0.05) is 13.0 Å². The molecular weight excluding hydrogens is 380 g/mol. The normalized spacial score (nSPS) is 10.4. The molecule has 0 atom stereocenters. The molecule has 152 valence electrons. The fourth-order valence-corrected chi connectivity index (χ4v) is 3.39. The van der Waals surface area contributed by atoms with Gasteiger partial charge in [0.05, 0.1) is 12.7 Å². The van der Waals surface area contributed by atoms with Crippen LogP contribution in [0.1, 0.15) is 32.6 Å². The number of carbonyl (C=O) groups excluding carboxylic acids is 1. The van der Waals surface area contributed by atoms with E-state index in [4.69, 9.17) is 4.74 Å². The predicted molar refractivity (Wildman–Crippen MR) is 113 cm³/mol. The Morgan fingerprint density at radius 1 is 1.10 bits per heavy atom. The predicted octanol–water partition coefficient (Wildman–Crippen LogP) is 3.41. The number of Topliss-reactive ketones (excluding diaryl/α,β-unsaturated/α-hetero) is 1. The molecule has 0 unspecified atom stereocenters. The average molecular weight is 402 g/mol. The van der Waals surface area contributed by atoms with E-state index in [0.29, 0.717) is 12.2 Å². The van der Waals surface area contributed by atoms with Gasteiger partial charge in [-0.3, -0.25) is 14.2 Å². The van der Waals surface area contributed by atoms with Crippen molar-refractivity contribution in [2.24, 2.45) is 0 Å². The molecule has 0 amide bonds. The highest BCUT2D eigenvalue weighted by molar-refractivity contribution is 6.01. The smallest absolute Gasteiger partial charge is 0.271 e. The number of hydrogen-bond donors (Lipinski definition) is 1. The lowest BCUT2D eigenvalue weighted by atomic mass is 9.97. The molecule has 3 rings (SSSR count). The second kappa shape index (κ2) is 9.10. The first-order valence-corrected chi connectivity index (χ1v) is 9.52. The number of carbonyl (C=O) groups is 1. The highest BCUT2D eigenvalue weighted by atomic mass is 16.5. The summed E-state index contributed by atoms with van der Waals surface area (Å²) >= 11 is 0. The molecule has 3 aromatic rings. The topological polar surface area (TPSA) is 92.3 Å². The summed E-state index contributed by atoms with van der Waals surface area (Å²) in [7, 11) is 1.56. The van der Waals surface area contributed by atoms with Crippen LogP contribution in [0, 0.1) is 18.3 Å². The Hall–Kier alpha value is -3.85. The number of rotatable bonds is 7. The zero-order valence-electron chi connectivity index (χ0n) is 16.9. The van der Waals surface area contributed by atoms with Crippen LogP contribution in [0.2, 0.25) is 0 Å². The van der Waals surface area contributed by atoms with E-state index in [1.54, 1.807) is 31.4 Å². The fraction of sp³-hybridized carbons (Fsp3) is 0.208. The molecule has 0 saturated heterocycles. The van der Waals surface area contributed by atoms with E-state index >= 15 is 0 Å². The monoisotopic (exact) mass is 402 g/mol. The molecular formula is C24H22N2O4. The Labute approximate surface area is 174 Å². The van der Waals surface area contributed by atoms with Gasteiger partial charge in [-0.2, -0.15) is 5.26 Å². The molecule has 0 aliphatic heterocycles. The third-order valence-corrected chi connectivity index (χ3v) is 5.07. The fourth-order valence-electron chi connectivity index (χ4n) is 3.39. The zero-order valence-corrected chi connectivity index (χ0v) is 16.9. The van der Waals surface area contributed by atoms with Crippen molar-refractivity contribution in [1.82, 2.24) is 4.57 Å². The van der Waals surface area contributed by atoms with Crippen molar-refractivity contribution in [3.63, 3.8) is 0 Å². The van der Waals surface area contributed by atoms with Crippen molar-refractivity contribution < 1.29 is 14.6 Å². The van der Waals surface area contributed by atoms with Crippen molar-refractivity contribution in [3.05, 3.63) is 92.8 Å². The van der Waals surface area contributed by atoms with E-state index in [1.165, 1.54) is 6.92 Å². The van der Waals surface area contributed by atoms with Gasteiger partial charge in [0.2, 0.25) is 5.88 Å². The first kappa shape index (κ1) is 20.9. The Morgan fingerprint density at radius 3 is 2.37 bits per heavy atom. The molecule has 2 aromatic carbocycles. The summed E-state index contributed by atoms with van der Waals surface area (Å²) in [6.45, 7) is 1.68. The molecule has 1 heterocycles. The average Bonchev–Trinajstić information content (AvgIpc) is 2.75. The first-order chi connectivity index (χ1) is 14.5. The molecule has 0 bridgehead atoms. The molecule has 0 radical (unpaired) electrons. The van der Waals surface area contributed by atoms with Crippen LogP contribution in [0.5, 0.6) is 11.6 Å². The number of benzene rings is 2. The maximum atomic E-state index is 13.0. The molecule has 0 fully saturated rings. The van der Waals surface area contributed by atoms with Gasteiger partial charge in [0.1, 0.15) is 17.4 Å². The minimum Gasteiger partial charge on any atom is -0.497 e. The maximum Gasteiger partial charge on any atom is 0.271 e. The molecule has 0 aliphatic carbocycles. The lowest BCUT2D eigenvalue weighted by molar-refractivity contribution is 0.0988. The van der Waals surface area contributed by atoms with Gasteiger partial charge in [-0.1, -0.05) is 42.5 Å². The van der Waals surface area contributed by atoms with Crippen LogP contribution in [0.3, 0.4) is 0 Å². The second-order valence-corrected chi connectivity index (χ2v) is 6.95. The van der Waals surface area contributed by atoms with Crippen molar-refractivity contribution in [1.29, 1.82) is 5.26 Å². The number of methoxy groups -OCH3 is 1. The lowest BCUT2D eigenvalue weighted by Gasteiger charge is -2.15. The molecule has 1 aromatic heterocycles. The van der Waals surface area contributed by atoms with Crippen LogP contribution >= 0.6 is 0 Å². The van der Waals surface area contributed by atoms with Gasteiger partial charge in [0.25, 0.3) is 5.56 Å². The molecule has 30 heavy (non-hydrogen) atoms. The van der Waals surface area contributed by atoms with Gasteiger partial charge >= 0.3 is 0 Å². The van der Waals surface area contributed by atoms with E-state index in [9.17, 15) is 20.0 Å². The third-order valence-electron chi connectivity index (χ3n) is 5.07. The minimum atomic E-state index is -0.593. The van der Waals surface area contributed by atoms with Crippen molar-refractivity contribution >= 4 is 5.78 Å². The van der Waals surface area contributed by atoms with E-state index in [0.717, 1.165) is 15.7 Å². The van der Waals surface area contributed by atoms with Gasteiger partial charge < -0.3 is 9.84 Å². The SMILES string of the molecule is COc1ccc(CC(=O)c2c(C)c(C#N)c(=O)n(CCc3ccccc3)c2O)cc1. The highest BCUT2D eigenvalue weighted by Crippen LogP contribution is 2.24. The van der Waals surface area contributed by atoms with Gasteiger partial charge in [-0.15, -0.1) is 0 Å². The molecule has 0 saturated carbocycles. The van der Waals surface area contributed by atoms with Crippen molar-refractivity contribution in [2.75, 3.05) is 7.11 Å². The number of ether oxygens (including phenoxy) is 1. The minimum absolute atomic E-state index is 0.00929. The standard InChI is InChI=1S/C24H22N2O4/c1-16-20(15-25)23(28)26(13-12-17-6-4-3-5-7-17)24(29)22(16)21(27)14-18-8-10-19(30-2)11-9-18/h3-11,29H,12-14H2,1-2H3. The van der Waals surface area contributed by atoms with Crippen molar-refractivity contribution in [3.8, 4) is 17.7 Å². The number of aromatic hydroxyl groups is 1. The van der Waals surface area contributed by atoms with Crippen molar-refractivity contribution in [2.45, 2.75) is 26.3 Å². The van der Waals surface area contributed by atoms with Crippen LogP contribution < -0.4 is 10.3 Å². The summed E-state index contributed by atoms with van der Waals surface area (Å²) in [6, 6.07) is 18.4. The van der Waals surface area contributed by atoms with Crippen LogP contribution in [-0.4, -0.2) is 22.6 Å². The summed E-state index contributed by atoms with van der Waals surface area (Å²) in [5.41, 5.74) is 1.21. The number of nitriles is 1. The summed E-state index contributed by atoms with van der Waals surface area (Å²) in [6.07, 6.45) is 0.508. The highest BCUT2D eigenvalue weighted by Gasteiger charge is 2.24. The number of nitrogens with zero attached hydrogens (tertiary/aromatic N) is 2. The number of hydrogen-bond acceptors (Lipinski definition) is 5. The Bertz CT molecular complexity index is 1160. The number of aryl methyl sites for hydroxylation is 1. The van der Waals surface area contributed by atoms with Crippen LogP contribution in [-0.2, 0) is 19.4 Å². The quantitative estimate of drug-likeness (QED) is 0.612. The number of ketones is 1. The summed E-state index contributed by atoms with van der Waals surface area (Å²) in [5.74, 6) is -0.0856. The molecule has 6 heteroatoms. The van der Waals surface area contributed by atoms with Crippen LogP contribution in [0.25, 0.3) is 0 Å². The van der Waals surface area contributed by atoms with Crippen LogP contribution in [0.15, 0.2) is 59.4 Å². The van der Waals surface area contributed by atoms with Gasteiger partial charge in [0.15, 0.2) is 5.78 Å². The van der Waals surface area contributed by atoms with Crippen LogP contribution in [0.4, 0.5) is 0 Å². The second-order valence-electron chi connectivity index (χ2n) is 6.95. The number of aromatic nitrogens is 1. The summed E-state index contributed by atoms with van der Waals surface area (Å²) in [4.78, 5) is 25.7. The summed E-state index contributed by atoms with van der Waals surface area (Å²) < 4.78 is 6.23. The van der Waals surface area contributed by atoms with E-state index in [2.05, 4.69) is 0 Å². The Morgan fingerprint density at radius 2 is 1.77 bits per heavy atom. The first-order valence-electron chi connectivity index (χ1n) is 9.52. The molecule has 0 aliphatic rings. The zero-order chi connectivity index (χ0) is 21.7. The lowest BCUT2D eigenvalue weighted by Crippen LogP contribution is -2.27. The maximum absolute atomic E-state index is 13.0. The molecule has 6 nitrogen and oxygen atoms in total. The Kier molecular flexibility index (Phi) is 6.33. The third kappa shape index (κ3) is 4.26. The van der Waals surface area contributed by atoms with E-state index in [1.807, 2.05) is 36.4 Å². The van der Waals surface area contributed by atoms with E-state index in [-0.39, 0.29) is 35.4 Å². The van der Waals surface area contributed by atoms with E-state index < -0.39 is 11.4 Å². The number of pyridine rings is 1. The van der Waals surface area contributed by atoms with Gasteiger partial charge in [-0.05, 0) is 42.2 Å². The largest absolute Gasteiger partial charge is 0.497 e. The Balaban J connectivity index is 1.97. The summed E-state index contributed by atoms with van der Waals surface area (Å²) in [5, 5.41) is 20.3. The molecule has 0 spiro atoms.